The third-order valence-corrected chi connectivity index (χ3v) is 6.77. The number of aromatic nitrogens is 6. The molecule has 1 unspecified atom stereocenters. The van der Waals surface area contributed by atoms with Gasteiger partial charge in [-0.2, -0.15) is 5.26 Å². The Morgan fingerprint density at radius 3 is 2.86 bits per heavy atom. The Labute approximate surface area is 199 Å². The van der Waals surface area contributed by atoms with Gasteiger partial charge in [0.2, 0.25) is 12.0 Å². The minimum absolute atomic E-state index is 0.0746. The van der Waals surface area contributed by atoms with E-state index in [0.29, 0.717) is 22.5 Å². The van der Waals surface area contributed by atoms with E-state index in [1.165, 1.54) is 16.8 Å². The van der Waals surface area contributed by atoms with Gasteiger partial charge in [-0.3, -0.25) is 9.38 Å². The molecule has 0 amide bonds. The molecule has 4 aromatic rings. The van der Waals surface area contributed by atoms with Gasteiger partial charge in [0.15, 0.2) is 0 Å². The summed E-state index contributed by atoms with van der Waals surface area (Å²) in [4.78, 5) is 8.48. The van der Waals surface area contributed by atoms with Crippen molar-refractivity contribution in [1.29, 1.82) is 5.26 Å². The summed E-state index contributed by atoms with van der Waals surface area (Å²) in [6, 6.07) is 8.94. The first-order valence-corrected chi connectivity index (χ1v) is 11.5. The number of rotatable bonds is 4. The lowest BCUT2D eigenvalue weighted by Crippen LogP contribution is -2.30. The van der Waals surface area contributed by atoms with Crippen molar-refractivity contribution in [2.45, 2.75) is 44.3 Å². The number of halogens is 2. The highest BCUT2D eigenvalue weighted by molar-refractivity contribution is 5.68. The number of imidazole rings is 1. The SMILES string of the molecule is Cc1c(-c2cc(OC3c4ncccc4CC3(F)F)n3c(C#N)cnc3c2)nnn1C1CCNCC1. The number of fused-ring (bicyclic) bond motifs is 2. The Morgan fingerprint density at radius 1 is 1.23 bits per heavy atom. The number of piperidine rings is 1. The number of nitrogens with zero attached hydrogens (tertiary/aromatic N) is 7. The summed E-state index contributed by atoms with van der Waals surface area (Å²) in [6.07, 6.45) is 2.73. The molecule has 9 nitrogen and oxygen atoms in total. The van der Waals surface area contributed by atoms with Gasteiger partial charge in [0.25, 0.3) is 5.92 Å². The van der Waals surface area contributed by atoms with E-state index in [-0.39, 0.29) is 23.3 Å². The first-order chi connectivity index (χ1) is 17.0. The Hall–Kier alpha value is -3.91. The molecule has 1 fully saturated rings. The lowest BCUT2D eigenvalue weighted by molar-refractivity contribution is -0.0876. The number of alkyl halides is 2. The van der Waals surface area contributed by atoms with Gasteiger partial charge in [-0.1, -0.05) is 11.3 Å². The summed E-state index contributed by atoms with van der Waals surface area (Å²) < 4.78 is 39.3. The molecule has 1 saturated heterocycles. The molecule has 2 aliphatic rings. The summed E-state index contributed by atoms with van der Waals surface area (Å²) in [5, 5.41) is 21.7. The third-order valence-electron chi connectivity index (χ3n) is 6.77. The fourth-order valence-corrected chi connectivity index (χ4v) is 5.03. The predicted molar refractivity (Wildman–Crippen MR) is 121 cm³/mol. The van der Waals surface area contributed by atoms with Crippen LogP contribution < -0.4 is 10.1 Å². The molecule has 6 rings (SSSR count). The minimum Gasteiger partial charge on any atom is -0.462 e. The lowest BCUT2D eigenvalue weighted by Gasteiger charge is -2.23. The van der Waals surface area contributed by atoms with Crippen molar-refractivity contribution in [3.63, 3.8) is 0 Å². The van der Waals surface area contributed by atoms with Crippen LogP contribution in [-0.2, 0) is 6.42 Å². The van der Waals surface area contributed by atoms with Gasteiger partial charge in [0.1, 0.15) is 23.1 Å². The van der Waals surface area contributed by atoms with Crippen molar-refractivity contribution in [3.05, 3.63) is 59.3 Å². The van der Waals surface area contributed by atoms with Gasteiger partial charge in [0.05, 0.1) is 23.6 Å². The van der Waals surface area contributed by atoms with Crippen LogP contribution in [0.1, 0.15) is 47.6 Å². The minimum atomic E-state index is -3.15. The predicted octanol–water partition coefficient (Wildman–Crippen LogP) is 3.40. The molecular formula is C24H22F2N8O. The van der Waals surface area contributed by atoms with Gasteiger partial charge in [-0.05, 0) is 50.6 Å². The van der Waals surface area contributed by atoms with E-state index in [1.54, 1.807) is 24.3 Å². The average Bonchev–Trinajstić information content (AvgIpc) is 3.53. The first kappa shape index (κ1) is 21.6. The maximum Gasteiger partial charge on any atom is 0.293 e. The molecule has 1 aliphatic carbocycles. The number of hydrogen-bond donors (Lipinski definition) is 1. The van der Waals surface area contributed by atoms with E-state index in [4.69, 9.17) is 4.74 Å². The molecule has 35 heavy (non-hydrogen) atoms. The highest BCUT2D eigenvalue weighted by atomic mass is 19.3. The topological polar surface area (TPSA) is 106 Å². The van der Waals surface area contributed by atoms with Crippen LogP contribution in [0.4, 0.5) is 8.78 Å². The number of pyridine rings is 2. The Kier molecular flexibility index (Phi) is 5.00. The van der Waals surface area contributed by atoms with Gasteiger partial charge in [0, 0.05) is 24.2 Å². The van der Waals surface area contributed by atoms with E-state index in [0.717, 1.165) is 31.6 Å². The van der Waals surface area contributed by atoms with Crippen molar-refractivity contribution in [1.82, 2.24) is 34.7 Å². The summed E-state index contributed by atoms with van der Waals surface area (Å²) in [7, 11) is 0. The zero-order valence-corrected chi connectivity index (χ0v) is 18.9. The number of hydrogen-bond acceptors (Lipinski definition) is 7. The van der Waals surface area contributed by atoms with Crippen LogP contribution in [0.5, 0.6) is 5.88 Å². The fraction of sp³-hybridized carbons (Fsp3) is 0.375. The second-order valence-corrected chi connectivity index (χ2v) is 8.96. The smallest absolute Gasteiger partial charge is 0.293 e. The van der Waals surface area contributed by atoms with Crippen molar-refractivity contribution >= 4 is 5.65 Å². The van der Waals surface area contributed by atoms with Gasteiger partial charge in [-0.25, -0.2) is 18.4 Å². The third kappa shape index (κ3) is 3.52. The molecule has 5 heterocycles. The van der Waals surface area contributed by atoms with Crippen molar-refractivity contribution in [3.8, 4) is 23.2 Å². The maximum absolute atomic E-state index is 15.0. The molecule has 11 heteroatoms. The second-order valence-electron chi connectivity index (χ2n) is 8.96. The molecule has 1 N–H and O–H groups in total. The highest BCUT2D eigenvalue weighted by Crippen LogP contribution is 2.45. The number of nitriles is 1. The van der Waals surface area contributed by atoms with Gasteiger partial charge in [-0.15, -0.1) is 5.10 Å². The standard InChI is InChI=1S/C24H22F2N8O/c1-14-21(31-32-34(14)17-4-7-28-8-5-17)16-9-19-30-13-18(12-27)33(19)20(10-16)35-23-22-15(3-2-6-29-22)11-24(23,25)26/h2-3,6,9-10,13,17,23,28H,4-5,7-8,11H2,1H3. The molecule has 4 aromatic heterocycles. The van der Waals surface area contributed by atoms with Crippen LogP contribution in [0.25, 0.3) is 16.9 Å². The average molecular weight is 476 g/mol. The first-order valence-electron chi connectivity index (χ1n) is 11.5. The quantitative estimate of drug-likeness (QED) is 0.481. The van der Waals surface area contributed by atoms with Crippen LogP contribution in [0, 0.1) is 18.3 Å². The lowest BCUT2D eigenvalue weighted by atomic mass is 10.1. The molecule has 0 bridgehead atoms. The van der Waals surface area contributed by atoms with Crippen molar-refractivity contribution in [2.75, 3.05) is 13.1 Å². The summed E-state index contributed by atoms with van der Waals surface area (Å²) >= 11 is 0. The van der Waals surface area contributed by atoms with E-state index in [1.807, 2.05) is 11.6 Å². The summed E-state index contributed by atoms with van der Waals surface area (Å²) in [5.41, 5.74) is 3.34. The molecule has 178 valence electrons. The second kappa shape index (κ2) is 8.09. The number of nitrogens with one attached hydrogen (secondary N) is 1. The Balaban J connectivity index is 1.45. The van der Waals surface area contributed by atoms with Crippen molar-refractivity contribution in [2.24, 2.45) is 0 Å². The van der Waals surface area contributed by atoms with Crippen LogP contribution in [0.2, 0.25) is 0 Å². The zero-order chi connectivity index (χ0) is 24.2. The van der Waals surface area contributed by atoms with Crippen molar-refractivity contribution < 1.29 is 13.5 Å². The molecule has 0 saturated carbocycles. The molecule has 0 aromatic carbocycles. The molecular weight excluding hydrogens is 454 g/mol. The highest BCUT2D eigenvalue weighted by Gasteiger charge is 2.51. The monoisotopic (exact) mass is 476 g/mol. The summed E-state index contributed by atoms with van der Waals surface area (Å²) in [5.74, 6) is -3.08. The van der Waals surface area contributed by atoms with Crippen LogP contribution >= 0.6 is 0 Å². The molecule has 1 atom stereocenters. The fourth-order valence-electron chi connectivity index (χ4n) is 5.03. The normalized spacial score (nSPS) is 19.5. The maximum atomic E-state index is 15.0. The Morgan fingerprint density at radius 2 is 2.06 bits per heavy atom. The van der Waals surface area contributed by atoms with Crippen LogP contribution in [0.15, 0.2) is 36.7 Å². The van der Waals surface area contributed by atoms with E-state index in [2.05, 4.69) is 31.7 Å². The molecule has 0 radical (unpaired) electrons. The molecule has 1 aliphatic heterocycles. The van der Waals surface area contributed by atoms with Crippen LogP contribution in [-0.4, -0.2) is 48.4 Å². The zero-order valence-electron chi connectivity index (χ0n) is 18.9. The largest absolute Gasteiger partial charge is 0.462 e. The molecule has 0 spiro atoms. The van der Waals surface area contributed by atoms with Crippen LogP contribution in [0.3, 0.4) is 0 Å². The van der Waals surface area contributed by atoms with Gasteiger partial charge < -0.3 is 10.1 Å². The van der Waals surface area contributed by atoms with E-state index >= 15 is 8.78 Å². The van der Waals surface area contributed by atoms with E-state index < -0.39 is 18.4 Å². The Bertz CT molecular complexity index is 1460. The van der Waals surface area contributed by atoms with E-state index in [9.17, 15) is 5.26 Å². The number of ether oxygens (including phenoxy) is 1. The summed E-state index contributed by atoms with van der Waals surface area (Å²) in [6.45, 7) is 3.78. The van der Waals surface area contributed by atoms with Gasteiger partial charge >= 0.3 is 0 Å².